The van der Waals surface area contributed by atoms with E-state index in [0.717, 1.165) is 12.0 Å². The number of esters is 1. The Balaban J connectivity index is 1.30. The molecule has 1 N–H and O–H groups in total. The van der Waals surface area contributed by atoms with E-state index in [0.29, 0.717) is 50.6 Å². The summed E-state index contributed by atoms with van der Waals surface area (Å²) in [5, 5.41) is 5.09. The van der Waals surface area contributed by atoms with E-state index in [1.807, 2.05) is 6.92 Å². The highest BCUT2D eigenvalue weighted by atomic mass is 35.5. The summed E-state index contributed by atoms with van der Waals surface area (Å²) in [6.07, 6.45) is 2.35. The Labute approximate surface area is 253 Å². The second-order valence-electron chi connectivity index (χ2n) is 8.92. The van der Waals surface area contributed by atoms with E-state index in [-0.39, 0.29) is 12.4 Å². The Kier molecular flexibility index (Phi) is 10.8. The van der Waals surface area contributed by atoms with Crippen LogP contribution in [-0.4, -0.2) is 31.8 Å². The quantitative estimate of drug-likeness (QED) is 0.0783. The molecule has 0 saturated heterocycles. The molecule has 4 rings (SSSR count). The Bertz CT molecular complexity index is 1560. The van der Waals surface area contributed by atoms with Crippen LogP contribution in [0.15, 0.2) is 90.0 Å². The molecule has 8 nitrogen and oxygen atoms in total. The highest BCUT2D eigenvalue weighted by Gasteiger charge is 2.13. The average Bonchev–Trinajstić information content (AvgIpc) is 3.00. The fourth-order valence-electron chi connectivity index (χ4n) is 3.65. The van der Waals surface area contributed by atoms with Gasteiger partial charge in [-0.15, -0.1) is 0 Å². The number of ether oxygens (including phenoxy) is 4. The van der Waals surface area contributed by atoms with E-state index in [1.54, 1.807) is 84.9 Å². The lowest BCUT2D eigenvalue weighted by Crippen LogP contribution is -2.17. The maximum absolute atomic E-state index is 12.6. The first-order valence-electron chi connectivity index (χ1n) is 13.0. The molecular formula is C32H28Cl2N2O6. The van der Waals surface area contributed by atoms with Crippen molar-refractivity contribution < 1.29 is 28.5 Å². The van der Waals surface area contributed by atoms with Crippen LogP contribution in [0.4, 0.5) is 0 Å². The number of methoxy groups -OCH3 is 1. The Hall–Kier alpha value is -4.53. The Morgan fingerprint density at radius 1 is 0.833 bits per heavy atom. The first-order valence-corrected chi connectivity index (χ1v) is 13.7. The SMILES string of the molecule is CCCOc1ccc(C(=O)Oc2ccc(/C=N/NC(=O)c3ccc(OCc4ccc(Cl)cc4Cl)cc3)cc2OC)cc1. The molecule has 1 amide bonds. The molecule has 0 unspecified atom stereocenters. The van der Waals surface area contributed by atoms with E-state index in [4.69, 9.17) is 42.1 Å². The largest absolute Gasteiger partial charge is 0.494 e. The number of nitrogens with one attached hydrogen (secondary N) is 1. The van der Waals surface area contributed by atoms with Gasteiger partial charge in [0, 0.05) is 21.2 Å². The number of nitrogens with zero attached hydrogens (tertiary/aromatic N) is 1. The third-order valence-corrected chi connectivity index (χ3v) is 6.45. The van der Waals surface area contributed by atoms with E-state index >= 15 is 0 Å². The average molecular weight is 607 g/mol. The normalized spacial score (nSPS) is 10.8. The van der Waals surface area contributed by atoms with Crippen molar-refractivity contribution in [3.05, 3.63) is 117 Å². The molecule has 4 aromatic rings. The predicted octanol–water partition coefficient (Wildman–Crippen LogP) is 7.35. The van der Waals surface area contributed by atoms with Crippen LogP contribution in [0.2, 0.25) is 10.0 Å². The smallest absolute Gasteiger partial charge is 0.343 e. The minimum atomic E-state index is -0.533. The van der Waals surface area contributed by atoms with E-state index in [1.165, 1.54) is 13.3 Å². The zero-order chi connectivity index (χ0) is 29.9. The second-order valence-corrected chi connectivity index (χ2v) is 9.76. The fraction of sp³-hybridized carbons (Fsp3) is 0.156. The molecule has 0 aromatic heterocycles. The second kappa shape index (κ2) is 14.9. The third-order valence-electron chi connectivity index (χ3n) is 5.86. The van der Waals surface area contributed by atoms with E-state index in [9.17, 15) is 9.59 Å². The van der Waals surface area contributed by atoms with Crippen molar-refractivity contribution in [1.29, 1.82) is 0 Å². The van der Waals surface area contributed by atoms with Crippen LogP contribution in [0, 0.1) is 0 Å². The van der Waals surface area contributed by atoms with Gasteiger partial charge in [-0.1, -0.05) is 36.2 Å². The van der Waals surface area contributed by atoms with Gasteiger partial charge in [0.15, 0.2) is 11.5 Å². The number of carbonyl (C=O) groups excluding carboxylic acids is 2. The first kappa shape index (κ1) is 30.4. The number of hydrogen-bond acceptors (Lipinski definition) is 7. The zero-order valence-electron chi connectivity index (χ0n) is 22.9. The van der Waals surface area contributed by atoms with Gasteiger partial charge in [-0.3, -0.25) is 4.79 Å². The van der Waals surface area contributed by atoms with Crippen molar-refractivity contribution in [2.75, 3.05) is 13.7 Å². The van der Waals surface area contributed by atoms with Gasteiger partial charge in [0.05, 0.1) is 25.5 Å². The lowest BCUT2D eigenvalue weighted by atomic mass is 10.2. The molecule has 0 spiro atoms. The lowest BCUT2D eigenvalue weighted by molar-refractivity contribution is 0.0729. The molecule has 42 heavy (non-hydrogen) atoms. The maximum Gasteiger partial charge on any atom is 0.343 e. The third kappa shape index (κ3) is 8.49. The number of halogens is 2. The molecular weight excluding hydrogens is 579 g/mol. The number of carbonyl (C=O) groups is 2. The number of hydrogen-bond donors (Lipinski definition) is 1. The van der Waals surface area contributed by atoms with Gasteiger partial charge in [0.2, 0.25) is 0 Å². The Morgan fingerprint density at radius 2 is 1.52 bits per heavy atom. The van der Waals surface area contributed by atoms with Crippen molar-refractivity contribution >= 4 is 41.3 Å². The van der Waals surface area contributed by atoms with Crippen LogP contribution in [-0.2, 0) is 6.61 Å². The zero-order valence-corrected chi connectivity index (χ0v) is 24.4. The summed E-state index contributed by atoms with van der Waals surface area (Å²) >= 11 is 12.1. The van der Waals surface area contributed by atoms with Crippen LogP contribution in [0.5, 0.6) is 23.0 Å². The summed E-state index contributed by atoms with van der Waals surface area (Å²) in [5.74, 6) is 0.903. The minimum absolute atomic E-state index is 0.246. The maximum atomic E-state index is 12.6. The van der Waals surface area contributed by atoms with Crippen LogP contribution in [0.1, 0.15) is 45.2 Å². The van der Waals surface area contributed by atoms with E-state index in [2.05, 4.69) is 10.5 Å². The Morgan fingerprint density at radius 3 is 2.19 bits per heavy atom. The molecule has 0 radical (unpaired) electrons. The van der Waals surface area contributed by atoms with Crippen molar-refractivity contribution in [1.82, 2.24) is 5.43 Å². The van der Waals surface area contributed by atoms with Gasteiger partial charge in [-0.05, 0) is 90.8 Å². The van der Waals surface area contributed by atoms with Crippen LogP contribution in [0.25, 0.3) is 0 Å². The van der Waals surface area contributed by atoms with Gasteiger partial charge < -0.3 is 18.9 Å². The summed E-state index contributed by atoms with van der Waals surface area (Å²) in [5.41, 5.74) is 4.67. The fourth-order valence-corrected chi connectivity index (χ4v) is 4.11. The molecule has 0 atom stereocenters. The van der Waals surface area contributed by atoms with Gasteiger partial charge >= 0.3 is 5.97 Å². The minimum Gasteiger partial charge on any atom is -0.494 e. The highest BCUT2D eigenvalue weighted by molar-refractivity contribution is 6.35. The number of hydrazone groups is 1. The molecule has 0 bridgehead atoms. The van der Waals surface area contributed by atoms with Crippen LogP contribution < -0.4 is 24.4 Å². The summed E-state index contributed by atoms with van der Waals surface area (Å²) in [4.78, 5) is 25.1. The van der Waals surface area contributed by atoms with Crippen molar-refractivity contribution in [3.63, 3.8) is 0 Å². The monoisotopic (exact) mass is 606 g/mol. The number of rotatable bonds is 12. The topological polar surface area (TPSA) is 95.5 Å². The molecule has 216 valence electrons. The van der Waals surface area contributed by atoms with Crippen LogP contribution in [0.3, 0.4) is 0 Å². The van der Waals surface area contributed by atoms with Gasteiger partial charge in [-0.25, -0.2) is 10.2 Å². The van der Waals surface area contributed by atoms with Gasteiger partial charge in [0.25, 0.3) is 5.91 Å². The van der Waals surface area contributed by atoms with Crippen molar-refractivity contribution in [3.8, 4) is 23.0 Å². The predicted molar refractivity (Wildman–Crippen MR) is 162 cm³/mol. The molecule has 0 heterocycles. The molecule has 0 aliphatic rings. The standard InChI is InChI=1S/C32H28Cl2N2O6/c1-3-16-40-26-13-8-23(9-14-26)32(38)42-29-15-4-21(17-30(29)39-2)19-35-36-31(37)22-6-11-27(12-7-22)41-20-24-5-10-25(33)18-28(24)34/h4-15,17-19H,3,16,20H2,1-2H3,(H,36,37)/b35-19+. The number of benzene rings is 4. The summed E-state index contributed by atoms with van der Waals surface area (Å²) in [7, 11) is 1.46. The van der Waals surface area contributed by atoms with Crippen LogP contribution >= 0.6 is 23.2 Å². The lowest BCUT2D eigenvalue weighted by Gasteiger charge is -2.10. The summed E-state index contributed by atoms with van der Waals surface area (Å²) < 4.78 is 22.2. The molecule has 10 heteroatoms. The molecule has 0 aliphatic carbocycles. The molecule has 0 saturated carbocycles. The van der Waals surface area contributed by atoms with Crippen molar-refractivity contribution in [2.24, 2.45) is 5.10 Å². The number of amides is 1. The molecule has 0 fully saturated rings. The van der Waals surface area contributed by atoms with Gasteiger partial charge in [0.1, 0.15) is 18.1 Å². The van der Waals surface area contributed by atoms with E-state index < -0.39 is 11.9 Å². The molecule has 0 aliphatic heterocycles. The molecule has 4 aromatic carbocycles. The summed E-state index contributed by atoms with van der Waals surface area (Å²) in [6.45, 7) is 2.88. The first-order chi connectivity index (χ1) is 20.4. The summed E-state index contributed by atoms with van der Waals surface area (Å²) in [6, 6.07) is 23.4. The van der Waals surface area contributed by atoms with Gasteiger partial charge in [-0.2, -0.15) is 5.10 Å². The highest BCUT2D eigenvalue weighted by Crippen LogP contribution is 2.29. The van der Waals surface area contributed by atoms with Crippen molar-refractivity contribution in [2.45, 2.75) is 20.0 Å².